The van der Waals surface area contributed by atoms with E-state index in [2.05, 4.69) is 10.3 Å². The summed E-state index contributed by atoms with van der Waals surface area (Å²) in [5.41, 5.74) is 7.42. The summed E-state index contributed by atoms with van der Waals surface area (Å²) >= 11 is 0. The molecule has 4 nitrogen and oxygen atoms in total. The van der Waals surface area contributed by atoms with Crippen LogP contribution in [0.4, 0.5) is 0 Å². The number of rotatable bonds is 3. The molecule has 9 heavy (non-hydrogen) atoms. The van der Waals surface area contributed by atoms with Gasteiger partial charge in [0.05, 0.1) is 0 Å². The molecule has 5 heteroatoms. The first-order chi connectivity index (χ1) is 3.77. The SMILES string of the molecule is CC(=O)ONCCN.[Ni]. The van der Waals surface area contributed by atoms with Gasteiger partial charge in [0.1, 0.15) is 0 Å². The van der Waals surface area contributed by atoms with E-state index in [1.807, 2.05) is 0 Å². The van der Waals surface area contributed by atoms with E-state index in [1.54, 1.807) is 0 Å². The van der Waals surface area contributed by atoms with Gasteiger partial charge in [-0.3, -0.25) is 4.79 Å². The minimum Gasteiger partial charge on any atom is -0.371 e. The van der Waals surface area contributed by atoms with Crippen LogP contribution in [-0.4, -0.2) is 19.1 Å². The molecule has 0 aliphatic rings. The maximum atomic E-state index is 9.99. The van der Waals surface area contributed by atoms with Crippen LogP contribution in [0.3, 0.4) is 0 Å². The fourth-order valence-electron chi connectivity index (χ4n) is 0.212. The zero-order valence-corrected chi connectivity index (χ0v) is 6.11. The fraction of sp³-hybridized carbons (Fsp3) is 0.750. The van der Waals surface area contributed by atoms with Crippen molar-refractivity contribution in [1.29, 1.82) is 0 Å². The predicted octanol–water partition coefficient (Wildman–Crippen LogP) is -0.990. The first-order valence-corrected chi connectivity index (χ1v) is 2.37. The average Bonchev–Trinajstić information content (AvgIpc) is 1.66. The van der Waals surface area contributed by atoms with E-state index in [9.17, 15) is 4.79 Å². The molecule has 3 N–H and O–H groups in total. The van der Waals surface area contributed by atoms with Crippen molar-refractivity contribution >= 4 is 5.97 Å². The Kier molecular flexibility index (Phi) is 10.2. The van der Waals surface area contributed by atoms with Gasteiger partial charge >= 0.3 is 5.97 Å². The smallest absolute Gasteiger partial charge is 0.321 e. The number of carbonyl (C=O) groups excluding carboxylic acids is 1. The maximum Gasteiger partial charge on any atom is 0.321 e. The standard InChI is InChI=1S/C4H10N2O2.Ni/c1-4(7)8-6-3-2-5;/h6H,2-3,5H2,1H3;. The summed E-state index contributed by atoms with van der Waals surface area (Å²) in [6.07, 6.45) is 0. The molecule has 0 amide bonds. The van der Waals surface area contributed by atoms with E-state index in [4.69, 9.17) is 5.73 Å². The average molecular weight is 177 g/mol. The molecule has 0 aromatic carbocycles. The summed E-state index contributed by atoms with van der Waals surface area (Å²) < 4.78 is 0. The van der Waals surface area contributed by atoms with E-state index >= 15 is 0 Å². The minimum atomic E-state index is -0.349. The van der Waals surface area contributed by atoms with Crippen molar-refractivity contribution in [3.63, 3.8) is 0 Å². The molecular weight excluding hydrogens is 167 g/mol. The van der Waals surface area contributed by atoms with Crippen LogP contribution in [0.1, 0.15) is 6.92 Å². The van der Waals surface area contributed by atoms with Crippen LogP contribution in [-0.2, 0) is 26.1 Å². The number of nitrogens with one attached hydrogen (secondary N) is 1. The number of hydrogen-bond donors (Lipinski definition) is 2. The molecule has 0 heterocycles. The molecule has 0 aliphatic heterocycles. The minimum absolute atomic E-state index is 0. The van der Waals surface area contributed by atoms with E-state index in [0.29, 0.717) is 13.1 Å². The first kappa shape index (κ1) is 11.7. The van der Waals surface area contributed by atoms with Crippen LogP contribution in [0, 0.1) is 0 Å². The molecule has 0 saturated heterocycles. The van der Waals surface area contributed by atoms with Crippen molar-refractivity contribution < 1.29 is 26.1 Å². The molecule has 58 valence electrons. The topological polar surface area (TPSA) is 64.3 Å². The molecule has 0 radical (unpaired) electrons. The fourth-order valence-corrected chi connectivity index (χ4v) is 0.212. The van der Waals surface area contributed by atoms with E-state index < -0.39 is 0 Å². The van der Waals surface area contributed by atoms with Gasteiger partial charge in [-0.1, -0.05) is 0 Å². The molecular formula is C4H10N2NiO2. The molecule has 0 rings (SSSR count). The van der Waals surface area contributed by atoms with Gasteiger partial charge in [0.2, 0.25) is 0 Å². The Morgan fingerprint density at radius 2 is 2.33 bits per heavy atom. The molecule has 0 aromatic heterocycles. The second kappa shape index (κ2) is 7.88. The molecule has 0 aliphatic carbocycles. The van der Waals surface area contributed by atoms with E-state index in [1.165, 1.54) is 6.92 Å². The van der Waals surface area contributed by atoms with Gasteiger partial charge in [-0.05, 0) is 0 Å². The van der Waals surface area contributed by atoms with Crippen molar-refractivity contribution in [2.24, 2.45) is 5.73 Å². The quantitative estimate of drug-likeness (QED) is 0.330. The Hall–Kier alpha value is -0.116. The second-order valence-electron chi connectivity index (χ2n) is 1.28. The molecule has 0 fully saturated rings. The third-order valence-corrected chi connectivity index (χ3v) is 0.462. The van der Waals surface area contributed by atoms with Gasteiger partial charge in [0.25, 0.3) is 0 Å². The number of hydroxylamine groups is 1. The maximum absolute atomic E-state index is 9.99. The Morgan fingerprint density at radius 1 is 1.78 bits per heavy atom. The molecule has 0 unspecified atom stereocenters. The normalized spacial score (nSPS) is 7.78. The Balaban J connectivity index is 0. The third-order valence-electron chi connectivity index (χ3n) is 0.462. The largest absolute Gasteiger partial charge is 0.371 e. The number of hydrogen-bond acceptors (Lipinski definition) is 4. The monoisotopic (exact) mass is 176 g/mol. The number of carbonyl (C=O) groups is 1. The van der Waals surface area contributed by atoms with E-state index in [0.717, 1.165) is 0 Å². The molecule has 0 aromatic rings. The third kappa shape index (κ3) is 11.4. The Bertz CT molecular complexity index is 79.0. The van der Waals surface area contributed by atoms with E-state index in [-0.39, 0.29) is 22.5 Å². The van der Waals surface area contributed by atoms with Crippen LogP contribution >= 0.6 is 0 Å². The predicted molar refractivity (Wildman–Crippen MR) is 28.8 cm³/mol. The van der Waals surface area contributed by atoms with Crippen molar-refractivity contribution in [2.45, 2.75) is 6.92 Å². The van der Waals surface area contributed by atoms with Gasteiger partial charge in [-0.25, -0.2) is 0 Å². The van der Waals surface area contributed by atoms with Crippen molar-refractivity contribution in [1.82, 2.24) is 5.48 Å². The zero-order chi connectivity index (χ0) is 6.41. The summed E-state index contributed by atoms with van der Waals surface area (Å²) in [7, 11) is 0. The van der Waals surface area contributed by atoms with Crippen LogP contribution in [0.25, 0.3) is 0 Å². The molecule has 0 spiro atoms. The van der Waals surface area contributed by atoms with Gasteiger partial charge in [0, 0.05) is 36.5 Å². The summed E-state index contributed by atoms with van der Waals surface area (Å²) in [4.78, 5) is 14.3. The van der Waals surface area contributed by atoms with Gasteiger partial charge < -0.3 is 10.6 Å². The summed E-state index contributed by atoms with van der Waals surface area (Å²) in [5.74, 6) is -0.349. The van der Waals surface area contributed by atoms with Crippen LogP contribution in [0.2, 0.25) is 0 Å². The first-order valence-electron chi connectivity index (χ1n) is 2.37. The van der Waals surface area contributed by atoms with Crippen molar-refractivity contribution in [3.05, 3.63) is 0 Å². The van der Waals surface area contributed by atoms with Gasteiger partial charge in [0.15, 0.2) is 0 Å². The van der Waals surface area contributed by atoms with Gasteiger partial charge in [-0.2, -0.15) is 5.48 Å². The summed E-state index contributed by atoms with van der Waals surface area (Å²) in [6, 6.07) is 0. The Labute approximate surface area is 64.0 Å². The second-order valence-corrected chi connectivity index (χ2v) is 1.28. The van der Waals surface area contributed by atoms with Crippen molar-refractivity contribution in [3.8, 4) is 0 Å². The summed E-state index contributed by atoms with van der Waals surface area (Å²) in [5, 5.41) is 0. The molecule has 0 atom stereocenters. The molecule has 0 bridgehead atoms. The van der Waals surface area contributed by atoms with Crippen LogP contribution < -0.4 is 11.2 Å². The summed E-state index contributed by atoms with van der Waals surface area (Å²) in [6.45, 7) is 2.29. The molecule has 0 saturated carbocycles. The van der Waals surface area contributed by atoms with Crippen molar-refractivity contribution in [2.75, 3.05) is 13.1 Å². The van der Waals surface area contributed by atoms with Crippen LogP contribution in [0.5, 0.6) is 0 Å². The van der Waals surface area contributed by atoms with Gasteiger partial charge in [-0.15, -0.1) is 0 Å². The number of nitrogens with two attached hydrogens (primary N) is 1. The Morgan fingerprint density at radius 3 is 2.67 bits per heavy atom. The zero-order valence-electron chi connectivity index (χ0n) is 5.12. The van der Waals surface area contributed by atoms with Crippen LogP contribution in [0.15, 0.2) is 0 Å².